The number of anilines is 1. The van der Waals surface area contributed by atoms with E-state index in [0.717, 1.165) is 9.35 Å². The van der Waals surface area contributed by atoms with E-state index in [2.05, 4.69) is 31.5 Å². The highest BCUT2D eigenvalue weighted by molar-refractivity contribution is 9.11. The number of rotatable bonds is 6. The third-order valence-electron chi connectivity index (χ3n) is 2.78. The molecule has 0 unspecified atom stereocenters. The number of aromatic nitrogens is 1. The number of hydrogen-bond donors (Lipinski definition) is 3. The van der Waals surface area contributed by atoms with Gasteiger partial charge in [0.15, 0.2) is 5.13 Å². The van der Waals surface area contributed by atoms with E-state index in [9.17, 15) is 9.59 Å². The molecule has 0 aliphatic heterocycles. The molecule has 0 saturated carbocycles. The molecule has 0 bridgehead atoms. The van der Waals surface area contributed by atoms with Crippen LogP contribution in [-0.2, 0) is 16.0 Å². The molecule has 4 N–H and O–H groups in total. The van der Waals surface area contributed by atoms with E-state index in [-0.39, 0.29) is 18.4 Å². The van der Waals surface area contributed by atoms with Crippen LogP contribution in [0.3, 0.4) is 0 Å². The van der Waals surface area contributed by atoms with Crippen LogP contribution in [-0.4, -0.2) is 29.4 Å². The summed E-state index contributed by atoms with van der Waals surface area (Å²) in [7, 11) is 0. The average molecular weight is 383 g/mol. The molecule has 0 saturated heterocycles. The van der Waals surface area contributed by atoms with Crippen LogP contribution in [0.5, 0.6) is 0 Å². The summed E-state index contributed by atoms with van der Waals surface area (Å²) in [5.74, 6) is -0.707. The summed E-state index contributed by atoms with van der Waals surface area (Å²) < 4.78 is 0.816. The molecule has 1 aromatic heterocycles. The zero-order chi connectivity index (χ0) is 15.9. The van der Waals surface area contributed by atoms with Crippen LogP contribution in [0, 0.1) is 0 Å². The van der Waals surface area contributed by atoms with Gasteiger partial charge in [-0.3, -0.25) is 9.59 Å². The van der Waals surface area contributed by atoms with E-state index >= 15 is 0 Å². The standard InChI is InChI=1S/C14H15BrN4O2S/c15-11-7-18-14(22-11)19-12(20)8-17-13(21)10(16)6-9-4-2-1-3-5-9/h1-5,7,10H,6,8,16H2,(H,17,21)(H,18,19,20)/t10-/m0/s1. The highest BCUT2D eigenvalue weighted by atomic mass is 79.9. The van der Waals surface area contributed by atoms with Gasteiger partial charge in [-0.2, -0.15) is 0 Å². The van der Waals surface area contributed by atoms with Crippen LogP contribution >= 0.6 is 27.3 Å². The SMILES string of the molecule is N[C@@H](Cc1ccccc1)C(=O)NCC(=O)Nc1ncc(Br)s1. The summed E-state index contributed by atoms with van der Waals surface area (Å²) in [6, 6.07) is 8.79. The Morgan fingerprint density at radius 1 is 1.32 bits per heavy atom. The fraction of sp³-hybridized carbons (Fsp3) is 0.214. The molecule has 0 aliphatic carbocycles. The first-order chi connectivity index (χ1) is 10.5. The summed E-state index contributed by atoms with van der Waals surface area (Å²) >= 11 is 4.55. The van der Waals surface area contributed by atoms with Crippen LogP contribution in [0.25, 0.3) is 0 Å². The number of benzene rings is 1. The summed E-state index contributed by atoms with van der Waals surface area (Å²) in [6.07, 6.45) is 2.02. The monoisotopic (exact) mass is 382 g/mol. The maximum absolute atomic E-state index is 11.9. The first-order valence-electron chi connectivity index (χ1n) is 6.53. The Kier molecular flexibility index (Phi) is 6.05. The minimum Gasteiger partial charge on any atom is -0.346 e. The Balaban J connectivity index is 1.75. The lowest BCUT2D eigenvalue weighted by Crippen LogP contribution is -2.44. The molecule has 8 heteroatoms. The Morgan fingerprint density at radius 2 is 2.05 bits per heavy atom. The van der Waals surface area contributed by atoms with Crippen molar-refractivity contribution in [1.29, 1.82) is 0 Å². The maximum atomic E-state index is 11.9. The van der Waals surface area contributed by atoms with E-state index in [0.29, 0.717) is 11.6 Å². The third-order valence-corrected chi connectivity index (χ3v) is 4.17. The number of nitrogens with one attached hydrogen (secondary N) is 2. The number of carbonyl (C=O) groups is 2. The van der Waals surface area contributed by atoms with Gasteiger partial charge in [0, 0.05) is 0 Å². The second-order valence-corrected chi connectivity index (χ2v) is 6.94. The second kappa shape index (κ2) is 8.02. The van der Waals surface area contributed by atoms with Crippen molar-refractivity contribution in [3.05, 3.63) is 45.9 Å². The van der Waals surface area contributed by atoms with Gasteiger partial charge in [-0.1, -0.05) is 41.7 Å². The molecule has 1 aromatic carbocycles. The van der Waals surface area contributed by atoms with E-state index in [1.165, 1.54) is 11.3 Å². The van der Waals surface area contributed by atoms with Crippen LogP contribution in [0.1, 0.15) is 5.56 Å². The van der Waals surface area contributed by atoms with Crippen molar-refractivity contribution in [3.8, 4) is 0 Å². The van der Waals surface area contributed by atoms with Gasteiger partial charge in [-0.15, -0.1) is 0 Å². The largest absolute Gasteiger partial charge is 0.346 e. The van der Waals surface area contributed by atoms with Gasteiger partial charge < -0.3 is 16.4 Å². The van der Waals surface area contributed by atoms with Gasteiger partial charge in [0.05, 0.1) is 22.6 Å². The van der Waals surface area contributed by atoms with E-state index in [1.807, 2.05) is 30.3 Å². The number of nitrogens with zero attached hydrogens (tertiary/aromatic N) is 1. The van der Waals surface area contributed by atoms with Gasteiger partial charge in [0.2, 0.25) is 11.8 Å². The number of carbonyl (C=O) groups excluding carboxylic acids is 2. The van der Waals surface area contributed by atoms with E-state index in [1.54, 1.807) is 6.20 Å². The zero-order valence-electron chi connectivity index (χ0n) is 11.6. The molecule has 0 aliphatic rings. The summed E-state index contributed by atoms with van der Waals surface area (Å²) in [6.45, 7) is -0.140. The van der Waals surface area contributed by atoms with Crippen LogP contribution in [0.4, 0.5) is 5.13 Å². The highest BCUT2D eigenvalue weighted by Crippen LogP contribution is 2.22. The van der Waals surface area contributed by atoms with Crippen molar-refractivity contribution in [2.45, 2.75) is 12.5 Å². The van der Waals surface area contributed by atoms with E-state index < -0.39 is 6.04 Å². The highest BCUT2D eigenvalue weighted by Gasteiger charge is 2.15. The van der Waals surface area contributed by atoms with Gasteiger partial charge >= 0.3 is 0 Å². The van der Waals surface area contributed by atoms with Crippen LogP contribution < -0.4 is 16.4 Å². The molecule has 1 heterocycles. The Hall–Kier alpha value is -1.77. The van der Waals surface area contributed by atoms with Gasteiger partial charge in [-0.05, 0) is 27.9 Å². The van der Waals surface area contributed by atoms with Crippen LogP contribution in [0.15, 0.2) is 40.3 Å². The molecule has 2 aromatic rings. The van der Waals surface area contributed by atoms with Crippen molar-refractivity contribution in [3.63, 3.8) is 0 Å². The molecular weight excluding hydrogens is 368 g/mol. The van der Waals surface area contributed by atoms with Gasteiger partial charge in [0.1, 0.15) is 0 Å². The topological polar surface area (TPSA) is 97.1 Å². The van der Waals surface area contributed by atoms with Gasteiger partial charge in [-0.25, -0.2) is 4.98 Å². The molecule has 6 nitrogen and oxygen atoms in total. The number of amides is 2. The molecule has 0 fully saturated rings. The van der Waals surface area contributed by atoms with Crippen molar-refractivity contribution in [2.75, 3.05) is 11.9 Å². The molecule has 22 heavy (non-hydrogen) atoms. The molecule has 2 amide bonds. The number of halogens is 1. The minimum absolute atomic E-state index is 0.140. The van der Waals surface area contributed by atoms with Gasteiger partial charge in [0.25, 0.3) is 0 Å². The predicted octanol–water partition coefficient (Wildman–Crippen LogP) is 1.53. The lowest BCUT2D eigenvalue weighted by molar-refractivity contribution is -0.125. The Bertz CT molecular complexity index is 647. The van der Waals surface area contributed by atoms with Crippen LogP contribution in [0.2, 0.25) is 0 Å². The normalized spacial score (nSPS) is 11.7. The molecule has 0 spiro atoms. The van der Waals surface area contributed by atoms with Crippen molar-refractivity contribution in [1.82, 2.24) is 10.3 Å². The van der Waals surface area contributed by atoms with Crippen molar-refractivity contribution < 1.29 is 9.59 Å². The molecule has 2 rings (SSSR count). The molecule has 1 atom stereocenters. The lowest BCUT2D eigenvalue weighted by Gasteiger charge is -2.12. The summed E-state index contributed by atoms with van der Waals surface area (Å²) in [4.78, 5) is 27.5. The number of thiazole rings is 1. The maximum Gasteiger partial charge on any atom is 0.245 e. The number of nitrogens with two attached hydrogens (primary N) is 1. The summed E-state index contributed by atoms with van der Waals surface area (Å²) in [5, 5.41) is 5.58. The fourth-order valence-electron chi connectivity index (χ4n) is 1.73. The summed E-state index contributed by atoms with van der Waals surface area (Å²) in [5.41, 5.74) is 6.81. The molecule has 0 radical (unpaired) electrons. The molecule has 116 valence electrons. The van der Waals surface area contributed by atoms with E-state index in [4.69, 9.17) is 5.73 Å². The predicted molar refractivity (Wildman–Crippen MR) is 89.6 cm³/mol. The smallest absolute Gasteiger partial charge is 0.245 e. The zero-order valence-corrected chi connectivity index (χ0v) is 14.0. The first-order valence-corrected chi connectivity index (χ1v) is 8.14. The van der Waals surface area contributed by atoms with Crippen molar-refractivity contribution >= 4 is 44.2 Å². The third kappa shape index (κ3) is 5.21. The average Bonchev–Trinajstić information content (AvgIpc) is 2.90. The number of hydrogen-bond acceptors (Lipinski definition) is 5. The fourth-order valence-corrected chi connectivity index (χ4v) is 2.86. The Labute approximate surface area is 140 Å². The first kappa shape index (κ1) is 16.6. The lowest BCUT2D eigenvalue weighted by atomic mass is 10.1. The quantitative estimate of drug-likeness (QED) is 0.705. The minimum atomic E-state index is -0.691. The van der Waals surface area contributed by atoms with Crippen molar-refractivity contribution in [2.24, 2.45) is 5.73 Å². The Morgan fingerprint density at radius 3 is 2.68 bits per heavy atom. The second-order valence-electron chi connectivity index (χ2n) is 4.53. The molecular formula is C14H15BrN4O2S.